The van der Waals surface area contributed by atoms with Crippen molar-refractivity contribution >= 4 is 0 Å². The summed E-state index contributed by atoms with van der Waals surface area (Å²) in [6.45, 7) is 3.77. The van der Waals surface area contributed by atoms with E-state index in [9.17, 15) is 10.2 Å². The van der Waals surface area contributed by atoms with Crippen molar-refractivity contribution in [2.24, 2.45) is 0 Å². The van der Waals surface area contributed by atoms with Gasteiger partial charge in [0.05, 0.1) is 84.9 Å². The lowest BCUT2D eigenvalue weighted by atomic mass is 9.91. The molecule has 3 heterocycles. The van der Waals surface area contributed by atoms with Crippen LogP contribution in [0.2, 0.25) is 0 Å². The number of ether oxygens (including phenoxy) is 6. The van der Waals surface area contributed by atoms with Gasteiger partial charge in [0.1, 0.15) is 17.4 Å². The highest BCUT2D eigenvalue weighted by Gasteiger charge is 2.54. The van der Waals surface area contributed by atoms with Gasteiger partial charge in [-0.15, -0.1) is 5.10 Å². The molecule has 0 unspecified atom stereocenters. The number of aliphatic hydroxyl groups is 3. The third-order valence-corrected chi connectivity index (χ3v) is 4.89. The van der Waals surface area contributed by atoms with Crippen molar-refractivity contribution in [1.82, 2.24) is 15.0 Å². The number of rotatable bonds is 15. The minimum Gasteiger partial charge on any atom is -0.390 e. The number of fused-ring (bicyclic) bond motifs is 2. The minimum absolute atomic E-state index is 0.124. The SMILES string of the molecule is OCc1cn(CCOCCOCCOCCOC[C@]23CO[C@H](C[C@@H](O)[C@H]2O)O3)nn1. The predicted molar refractivity (Wildman–Crippen MR) is 99.4 cm³/mol. The maximum Gasteiger partial charge on any atom is 0.161 e. The van der Waals surface area contributed by atoms with Gasteiger partial charge in [-0.05, 0) is 0 Å². The third kappa shape index (κ3) is 6.64. The van der Waals surface area contributed by atoms with Crippen molar-refractivity contribution < 1.29 is 43.7 Å². The molecule has 2 aliphatic rings. The Bertz CT molecular complexity index is 619. The Labute approximate surface area is 174 Å². The molecule has 1 aromatic rings. The lowest BCUT2D eigenvalue weighted by Gasteiger charge is -2.38. The van der Waals surface area contributed by atoms with Crippen molar-refractivity contribution in [3.05, 3.63) is 11.9 Å². The van der Waals surface area contributed by atoms with Crippen LogP contribution in [0.1, 0.15) is 12.1 Å². The molecule has 2 bridgehead atoms. The van der Waals surface area contributed by atoms with Gasteiger partial charge in [-0.3, -0.25) is 0 Å². The number of hydrogen-bond acceptors (Lipinski definition) is 11. The number of aliphatic hydroxyl groups excluding tert-OH is 3. The normalized spacial score (nSPS) is 28.3. The molecule has 12 nitrogen and oxygen atoms in total. The van der Waals surface area contributed by atoms with Crippen LogP contribution in [0.4, 0.5) is 0 Å². The van der Waals surface area contributed by atoms with Crippen LogP contribution in [-0.4, -0.2) is 114 Å². The lowest BCUT2D eigenvalue weighted by Crippen LogP contribution is -2.57. The van der Waals surface area contributed by atoms with Crippen LogP contribution in [0.5, 0.6) is 0 Å². The molecule has 3 rings (SSSR count). The summed E-state index contributed by atoms with van der Waals surface area (Å²) >= 11 is 0. The standard InChI is InChI=1S/C18H31N3O9/c22-11-14-10-21(20-19-14)1-2-25-3-4-26-5-6-27-7-8-28-12-18-13-29-16(30-18)9-15(23)17(18)24/h10,15-17,22-24H,1-9,11-13H2/t15-,16+,17-,18+/m1/s1. The lowest BCUT2D eigenvalue weighted by molar-refractivity contribution is -0.225. The van der Waals surface area contributed by atoms with E-state index in [1.54, 1.807) is 10.9 Å². The molecule has 2 fully saturated rings. The number of nitrogens with zero attached hydrogens (tertiary/aromatic N) is 3. The molecular formula is C18H31N3O9. The second-order valence-corrected chi connectivity index (χ2v) is 7.19. The Kier molecular flexibility index (Phi) is 9.36. The van der Waals surface area contributed by atoms with E-state index in [2.05, 4.69) is 10.3 Å². The van der Waals surface area contributed by atoms with Crippen molar-refractivity contribution in [3.63, 3.8) is 0 Å². The Morgan fingerprint density at radius 2 is 1.70 bits per heavy atom. The zero-order valence-corrected chi connectivity index (χ0v) is 16.9. The highest BCUT2D eigenvalue weighted by atomic mass is 16.7. The van der Waals surface area contributed by atoms with Crippen molar-refractivity contribution in [2.45, 2.75) is 43.7 Å². The van der Waals surface area contributed by atoms with E-state index in [4.69, 9.17) is 33.5 Å². The largest absolute Gasteiger partial charge is 0.390 e. The summed E-state index contributed by atoms with van der Waals surface area (Å²) in [5, 5.41) is 36.5. The molecule has 2 saturated heterocycles. The molecule has 0 radical (unpaired) electrons. The monoisotopic (exact) mass is 433 g/mol. The Hall–Kier alpha value is -1.22. The van der Waals surface area contributed by atoms with Gasteiger partial charge in [-0.1, -0.05) is 5.21 Å². The van der Waals surface area contributed by atoms with Crippen LogP contribution in [0.3, 0.4) is 0 Å². The molecular weight excluding hydrogens is 402 g/mol. The molecule has 0 aliphatic carbocycles. The molecule has 0 amide bonds. The van der Waals surface area contributed by atoms with Crippen LogP contribution >= 0.6 is 0 Å². The van der Waals surface area contributed by atoms with Crippen molar-refractivity contribution in [3.8, 4) is 0 Å². The molecule has 12 heteroatoms. The van der Waals surface area contributed by atoms with Gasteiger partial charge < -0.3 is 43.7 Å². The Morgan fingerprint density at radius 3 is 2.37 bits per heavy atom. The summed E-state index contributed by atoms with van der Waals surface area (Å²) in [5.74, 6) is 0. The van der Waals surface area contributed by atoms with Crippen molar-refractivity contribution in [1.29, 1.82) is 0 Å². The Balaban J connectivity index is 1.11. The molecule has 3 N–H and O–H groups in total. The zero-order chi connectivity index (χ0) is 21.2. The van der Waals surface area contributed by atoms with Gasteiger partial charge in [0, 0.05) is 6.42 Å². The van der Waals surface area contributed by atoms with E-state index in [0.717, 1.165) is 0 Å². The highest BCUT2D eigenvalue weighted by Crippen LogP contribution is 2.36. The summed E-state index contributed by atoms with van der Waals surface area (Å²) in [6, 6.07) is 0. The first kappa shape index (κ1) is 23.4. The topological polar surface area (TPSA) is 147 Å². The van der Waals surface area contributed by atoms with Gasteiger partial charge in [0.2, 0.25) is 0 Å². The zero-order valence-electron chi connectivity index (χ0n) is 16.9. The van der Waals surface area contributed by atoms with Crippen LogP contribution in [-0.2, 0) is 41.6 Å². The fourth-order valence-corrected chi connectivity index (χ4v) is 3.26. The number of aromatic nitrogens is 3. The van der Waals surface area contributed by atoms with E-state index in [1.807, 2.05) is 0 Å². The third-order valence-electron chi connectivity index (χ3n) is 4.89. The molecule has 30 heavy (non-hydrogen) atoms. The van der Waals surface area contributed by atoms with Crippen LogP contribution in [0.25, 0.3) is 0 Å². The highest BCUT2D eigenvalue weighted by molar-refractivity contribution is 5.00. The summed E-state index contributed by atoms with van der Waals surface area (Å²) < 4.78 is 34.5. The molecule has 0 saturated carbocycles. The number of hydrogen-bond donors (Lipinski definition) is 3. The van der Waals surface area contributed by atoms with Gasteiger partial charge in [0.25, 0.3) is 0 Å². The second kappa shape index (κ2) is 12.0. The smallest absolute Gasteiger partial charge is 0.161 e. The van der Waals surface area contributed by atoms with E-state index in [0.29, 0.717) is 58.5 Å². The van der Waals surface area contributed by atoms with Crippen LogP contribution < -0.4 is 0 Å². The molecule has 0 aromatic carbocycles. The molecule has 1 aromatic heterocycles. The first-order valence-electron chi connectivity index (χ1n) is 10.1. The first-order chi connectivity index (χ1) is 14.6. The first-order valence-corrected chi connectivity index (χ1v) is 10.1. The maximum atomic E-state index is 10.2. The van der Waals surface area contributed by atoms with Gasteiger partial charge in [0.15, 0.2) is 6.29 Å². The van der Waals surface area contributed by atoms with Crippen molar-refractivity contribution in [2.75, 3.05) is 59.5 Å². The quantitative estimate of drug-likeness (QED) is 0.266. The van der Waals surface area contributed by atoms with Crippen LogP contribution in [0.15, 0.2) is 6.20 Å². The molecule has 2 aliphatic heterocycles. The average molecular weight is 433 g/mol. The summed E-state index contributed by atoms with van der Waals surface area (Å²) in [7, 11) is 0. The van der Waals surface area contributed by atoms with E-state index < -0.39 is 24.1 Å². The second-order valence-electron chi connectivity index (χ2n) is 7.19. The summed E-state index contributed by atoms with van der Waals surface area (Å²) in [5.41, 5.74) is -0.469. The predicted octanol–water partition coefficient (Wildman–Crippen LogP) is -1.93. The fraction of sp³-hybridized carbons (Fsp3) is 0.889. The maximum absolute atomic E-state index is 10.2. The molecule has 172 valence electrons. The van der Waals surface area contributed by atoms with E-state index >= 15 is 0 Å². The van der Waals surface area contributed by atoms with Gasteiger partial charge in [-0.2, -0.15) is 0 Å². The van der Waals surface area contributed by atoms with Gasteiger partial charge >= 0.3 is 0 Å². The minimum atomic E-state index is -1.03. The average Bonchev–Trinajstić information content (AvgIpc) is 3.35. The molecule has 4 atom stereocenters. The van der Waals surface area contributed by atoms with Crippen LogP contribution in [0, 0.1) is 0 Å². The summed E-state index contributed by atoms with van der Waals surface area (Å²) in [6.07, 6.45) is -0.432. The molecule has 0 spiro atoms. The van der Waals surface area contributed by atoms with E-state index in [1.165, 1.54) is 0 Å². The Morgan fingerprint density at radius 1 is 1.03 bits per heavy atom. The van der Waals surface area contributed by atoms with E-state index in [-0.39, 0.29) is 26.2 Å². The fourth-order valence-electron chi connectivity index (χ4n) is 3.26. The van der Waals surface area contributed by atoms with Gasteiger partial charge in [-0.25, -0.2) is 4.68 Å². The summed E-state index contributed by atoms with van der Waals surface area (Å²) in [4.78, 5) is 0.